The van der Waals surface area contributed by atoms with Crippen LogP contribution in [0.25, 0.3) is 6.08 Å². The van der Waals surface area contributed by atoms with Gasteiger partial charge < -0.3 is 25.6 Å². The lowest BCUT2D eigenvalue weighted by atomic mass is 10.1. The van der Waals surface area contributed by atoms with Crippen molar-refractivity contribution in [3.63, 3.8) is 0 Å². The SMILES string of the molecule is O=C(N[C@@H](Cc1cnc[nH]1)C(=O)O)C(=Cc1ccccc1)NC(=O)[C@@H]1CCCN1C(=O)CCS. The first-order valence-electron chi connectivity index (χ1n) is 10.9. The molecule has 2 heterocycles. The first-order valence-corrected chi connectivity index (χ1v) is 11.5. The number of thiol groups is 1. The largest absolute Gasteiger partial charge is 0.480 e. The average Bonchev–Trinajstić information content (AvgIpc) is 3.51. The van der Waals surface area contributed by atoms with Crippen LogP contribution in [0.5, 0.6) is 0 Å². The van der Waals surface area contributed by atoms with Crippen molar-refractivity contribution >= 4 is 42.4 Å². The standard InChI is InChI=1S/C23H27N5O5S/c29-20(8-10-34)28-9-4-7-19(28)22(31)26-17(11-15-5-2-1-3-6-15)21(30)27-18(23(32)33)12-16-13-24-14-25-16/h1-3,5-6,11,13-14,18-19,34H,4,7-10,12H2,(H,24,25)(H,26,31)(H,27,30)(H,32,33)/t18-,19-/m0/s1. The maximum Gasteiger partial charge on any atom is 0.326 e. The van der Waals surface area contributed by atoms with E-state index in [1.165, 1.54) is 23.5 Å². The minimum atomic E-state index is -1.25. The van der Waals surface area contributed by atoms with Crippen molar-refractivity contribution in [2.75, 3.05) is 12.3 Å². The molecular formula is C23H27N5O5S. The predicted octanol–water partition coefficient (Wildman–Crippen LogP) is 0.990. The highest BCUT2D eigenvalue weighted by Gasteiger charge is 2.34. The summed E-state index contributed by atoms with van der Waals surface area (Å²) in [6, 6.07) is 6.90. The first-order chi connectivity index (χ1) is 16.4. The van der Waals surface area contributed by atoms with E-state index in [1.54, 1.807) is 24.3 Å². The molecule has 1 aliphatic heterocycles. The second-order valence-corrected chi connectivity index (χ2v) is 8.27. The Morgan fingerprint density at radius 2 is 2.03 bits per heavy atom. The third-order valence-corrected chi connectivity index (χ3v) is 5.62. The number of hydrogen-bond donors (Lipinski definition) is 5. The molecule has 0 unspecified atom stereocenters. The van der Waals surface area contributed by atoms with Crippen molar-refractivity contribution in [2.24, 2.45) is 0 Å². The molecule has 4 N–H and O–H groups in total. The van der Waals surface area contributed by atoms with Gasteiger partial charge in [-0.15, -0.1) is 0 Å². The maximum atomic E-state index is 13.1. The molecule has 0 bridgehead atoms. The minimum absolute atomic E-state index is 0.0116. The Bertz CT molecular complexity index is 1040. The van der Waals surface area contributed by atoms with Crippen LogP contribution in [0.4, 0.5) is 0 Å². The Labute approximate surface area is 202 Å². The molecule has 3 amide bonds. The smallest absolute Gasteiger partial charge is 0.326 e. The Morgan fingerprint density at radius 1 is 1.26 bits per heavy atom. The Morgan fingerprint density at radius 3 is 2.68 bits per heavy atom. The van der Waals surface area contributed by atoms with Crippen molar-refractivity contribution in [3.8, 4) is 0 Å². The third kappa shape index (κ3) is 6.70. The van der Waals surface area contributed by atoms with Crippen molar-refractivity contribution in [1.29, 1.82) is 0 Å². The van der Waals surface area contributed by atoms with Crippen molar-refractivity contribution in [1.82, 2.24) is 25.5 Å². The molecule has 2 atom stereocenters. The van der Waals surface area contributed by atoms with E-state index < -0.39 is 29.9 Å². The molecule has 180 valence electrons. The molecule has 1 fully saturated rings. The van der Waals surface area contributed by atoms with Gasteiger partial charge in [-0.05, 0) is 30.2 Å². The number of amides is 3. The van der Waals surface area contributed by atoms with Gasteiger partial charge in [0.05, 0.1) is 6.33 Å². The number of carboxylic acid groups (broad SMARTS) is 1. The van der Waals surface area contributed by atoms with Crippen molar-refractivity contribution in [3.05, 3.63) is 59.8 Å². The molecule has 0 radical (unpaired) electrons. The summed E-state index contributed by atoms with van der Waals surface area (Å²) >= 11 is 4.09. The second-order valence-electron chi connectivity index (χ2n) is 7.82. The maximum absolute atomic E-state index is 13.1. The van der Waals surface area contributed by atoms with Crippen molar-refractivity contribution in [2.45, 2.75) is 37.8 Å². The van der Waals surface area contributed by atoms with E-state index in [9.17, 15) is 24.3 Å². The van der Waals surface area contributed by atoms with E-state index in [2.05, 4.69) is 33.2 Å². The highest BCUT2D eigenvalue weighted by Crippen LogP contribution is 2.19. The molecule has 1 saturated heterocycles. The molecule has 1 aromatic heterocycles. The molecular weight excluding hydrogens is 458 g/mol. The number of aromatic nitrogens is 2. The van der Waals surface area contributed by atoms with Gasteiger partial charge in [0.15, 0.2) is 0 Å². The van der Waals surface area contributed by atoms with Gasteiger partial charge in [0.1, 0.15) is 17.8 Å². The summed E-state index contributed by atoms with van der Waals surface area (Å²) in [4.78, 5) is 58.4. The fraction of sp³-hybridized carbons (Fsp3) is 0.348. The summed E-state index contributed by atoms with van der Waals surface area (Å²) in [6.45, 7) is 0.458. The zero-order valence-electron chi connectivity index (χ0n) is 18.4. The van der Waals surface area contributed by atoms with Gasteiger partial charge in [-0.25, -0.2) is 9.78 Å². The zero-order valence-corrected chi connectivity index (χ0v) is 19.3. The molecule has 34 heavy (non-hydrogen) atoms. The zero-order chi connectivity index (χ0) is 24.5. The van der Waals surface area contributed by atoms with E-state index in [0.717, 1.165) is 0 Å². The van der Waals surface area contributed by atoms with Crippen LogP contribution in [0.15, 0.2) is 48.6 Å². The quantitative estimate of drug-likeness (QED) is 0.251. The molecule has 1 aliphatic rings. The summed E-state index contributed by atoms with van der Waals surface area (Å²) < 4.78 is 0. The lowest BCUT2D eigenvalue weighted by molar-refractivity contribution is -0.141. The lowest BCUT2D eigenvalue weighted by Gasteiger charge is -2.24. The van der Waals surface area contributed by atoms with Crippen LogP contribution in [-0.2, 0) is 25.6 Å². The van der Waals surface area contributed by atoms with Gasteiger partial charge in [-0.1, -0.05) is 30.3 Å². The number of rotatable bonds is 10. The number of hydrogen-bond acceptors (Lipinski definition) is 6. The van der Waals surface area contributed by atoms with Crippen LogP contribution < -0.4 is 10.6 Å². The van der Waals surface area contributed by atoms with Gasteiger partial charge in [0, 0.05) is 31.3 Å². The molecule has 0 aliphatic carbocycles. The number of likely N-dealkylation sites (tertiary alicyclic amines) is 1. The fourth-order valence-corrected chi connectivity index (χ4v) is 3.91. The molecule has 0 saturated carbocycles. The number of aromatic amines is 1. The van der Waals surface area contributed by atoms with Crippen LogP contribution >= 0.6 is 12.6 Å². The fourth-order valence-electron chi connectivity index (χ4n) is 3.72. The summed E-state index contributed by atoms with van der Waals surface area (Å²) in [5.74, 6) is -2.28. The molecule has 1 aromatic carbocycles. The summed E-state index contributed by atoms with van der Waals surface area (Å²) in [7, 11) is 0. The summed E-state index contributed by atoms with van der Waals surface area (Å²) in [5.41, 5.74) is 1.07. The minimum Gasteiger partial charge on any atom is -0.480 e. The summed E-state index contributed by atoms with van der Waals surface area (Å²) in [6.07, 6.45) is 5.71. The van der Waals surface area contributed by atoms with Gasteiger partial charge >= 0.3 is 5.97 Å². The van der Waals surface area contributed by atoms with E-state index in [-0.39, 0.29) is 24.4 Å². The highest BCUT2D eigenvalue weighted by molar-refractivity contribution is 7.80. The first kappa shape index (κ1) is 25.0. The Balaban J connectivity index is 1.80. The second kappa shape index (κ2) is 12.0. The molecule has 2 aromatic rings. The molecule has 0 spiro atoms. The average molecular weight is 486 g/mol. The number of carbonyl (C=O) groups is 4. The number of nitrogens with zero attached hydrogens (tertiary/aromatic N) is 2. The van der Waals surface area contributed by atoms with E-state index in [4.69, 9.17) is 0 Å². The third-order valence-electron chi connectivity index (χ3n) is 5.40. The van der Waals surface area contributed by atoms with Crippen LogP contribution in [0.2, 0.25) is 0 Å². The number of imidazole rings is 1. The summed E-state index contributed by atoms with van der Waals surface area (Å²) in [5, 5.41) is 14.7. The molecule has 3 rings (SSSR count). The van der Waals surface area contributed by atoms with Crippen LogP contribution in [0.3, 0.4) is 0 Å². The van der Waals surface area contributed by atoms with E-state index in [0.29, 0.717) is 36.4 Å². The van der Waals surface area contributed by atoms with E-state index >= 15 is 0 Å². The number of carbonyl (C=O) groups excluding carboxylic acids is 3. The highest BCUT2D eigenvalue weighted by atomic mass is 32.1. The normalized spacial score (nSPS) is 16.7. The predicted molar refractivity (Wildman–Crippen MR) is 128 cm³/mol. The number of H-pyrrole nitrogens is 1. The molecule has 11 heteroatoms. The monoisotopic (exact) mass is 485 g/mol. The lowest BCUT2D eigenvalue weighted by Crippen LogP contribution is -2.49. The Hall–Kier alpha value is -3.60. The van der Waals surface area contributed by atoms with Gasteiger partial charge in [-0.3, -0.25) is 14.4 Å². The topological polar surface area (TPSA) is 144 Å². The van der Waals surface area contributed by atoms with Gasteiger partial charge in [0.25, 0.3) is 5.91 Å². The van der Waals surface area contributed by atoms with Crippen molar-refractivity contribution < 1.29 is 24.3 Å². The van der Waals surface area contributed by atoms with Gasteiger partial charge in [0.2, 0.25) is 11.8 Å². The van der Waals surface area contributed by atoms with Crippen LogP contribution in [0, 0.1) is 0 Å². The number of benzene rings is 1. The van der Waals surface area contributed by atoms with E-state index in [1.807, 2.05) is 6.07 Å². The van der Waals surface area contributed by atoms with Crippen LogP contribution in [-0.4, -0.2) is 68.0 Å². The number of aliphatic carboxylic acids is 1. The number of carboxylic acids is 1. The molecule has 10 nitrogen and oxygen atoms in total. The number of nitrogens with one attached hydrogen (secondary N) is 3. The van der Waals surface area contributed by atoms with Gasteiger partial charge in [-0.2, -0.15) is 12.6 Å². The Kier molecular flexibility index (Phi) is 8.86. The van der Waals surface area contributed by atoms with Crippen LogP contribution in [0.1, 0.15) is 30.5 Å².